The molecule has 0 spiro atoms. The maximum Gasteiger partial charge on any atom is 0.133 e. The number of allylic oxidation sites excluding steroid dienone is 1. The number of hydrogen-bond acceptors (Lipinski definition) is 1. The van der Waals surface area contributed by atoms with Gasteiger partial charge in [0.05, 0.1) is 0 Å². The first-order chi connectivity index (χ1) is 8.86. The standard InChI is InChI=1S/C18H28O/c1-12(2)14-6-8-18(4)10-9-17(3)7-5-13(19)11-15(17)16(14)18/h14-16H,1,5-11H2,2-4H3/t14-,15+,16+,17+,18+/m0/s1. The molecule has 3 aliphatic rings. The number of hydrogen-bond donors (Lipinski definition) is 0. The van der Waals surface area contributed by atoms with Crippen LogP contribution in [-0.4, -0.2) is 5.78 Å². The van der Waals surface area contributed by atoms with Crippen molar-refractivity contribution in [3.05, 3.63) is 12.2 Å². The molecule has 0 heterocycles. The van der Waals surface area contributed by atoms with Gasteiger partial charge in [0.25, 0.3) is 0 Å². The Morgan fingerprint density at radius 1 is 1.16 bits per heavy atom. The van der Waals surface area contributed by atoms with Gasteiger partial charge < -0.3 is 0 Å². The van der Waals surface area contributed by atoms with Gasteiger partial charge in [0.15, 0.2) is 0 Å². The van der Waals surface area contributed by atoms with Crippen LogP contribution >= 0.6 is 0 Å². The van der Waals surface area contributed by atoms with Gasteiger partial charge in [-0.15, -0.1) is 0 Å². The Morgan fingerprint density at radius 2 is 1.84 bits per heavy atom. The summed E-state index contributed by atoms with van der Waals surface area (Å²) >= 11 is 0. The number of Topliss-reactive ketones (excluding diaryl/α,β-unsaturated/α-hetero) is 1. The first kappa shape index (κ1) is 13.4. The highest BCUT2D eigenvalue weighted by atomic mass is 16.1. The van der Waals surface area contributed by atoms with Crippen LogP contribution < -0.4 is 0 Å². The van der Waals surface area contributed by atoms with Gasteiger partial charge in [0.2, 0.25) is 0 Å². The SMILES string of the molecule is C=C(C)[C@@H]1CC[C@]2(C)CC[C@@]3(C)CCC(=O)C[C@@H]3[C@@H]12. The Morgan fingerprint density at radius 3 is 2.53 bits per heavy atom. The van der Waals surface area contributed by atoms with E-state index in [1.165, 1.54) is 31.3 Å². The van der Waals surface area contributed by atoms with Gasteiger partial charge >= 0.3 is 0 Å². The van der Waals surface area contributed by atoms with Crippen LogP contribution in [0.4, 0.5) is 0 Å². The molecule has 0 radical (unpaired) electrons. The number of carbonyl (C=O) groups is 1. The number of ketones is 1. The molecule has 106 valence electrons. The van der Waals surface area contributed by atoms with Crippen LogP contribution in [0, 0.1) is 28.6 Å². The molecule has 5 atom stereocenters. The van der Waals surface area contributed by atoms with Crippen molar-refractivity contribution in [2.24, 2.45) is 28.6 Å². The molecule has 0 aliphatic heterocycles. The van der Waals surface area contributed by atoms with E-state index in [1.54, 1.807) is 0 Å². The highest BCUT2D eigenvalue weighted by Crippen LogP contribution is 2.65. The first-order valence-corrected chi connectivity index (χ1v) is 8.03. The lowest BCUT2D eigenvalue weighted by molar-refractivity contribution is -0.132. The summed E-state index contributed by atoms with van der Waals surface area (Å²) in [7, 11) is 0. The maximum atomic E-state index is 12.0. The second-order valence-corrected chi connectivity index (χ2v) is 8.17. The summed E-state index contributed by atoms with van der Waals surface area (Å²) in [6.45, 7) is 11.4. The van der Waals surface area contributed by atoms with Crippen LogP contribution in [0.25, 0.3) is 0 Å². The first-order valence-electron chi connectivity index (χ1n) is 8.03. The monoisotopic (exact) mass is 260 g/mol. The molecule has 0 aromatic rings. The minimum Gasteiger partial charge on any atom is -0.300 e. The topological polar surface area (TPSA) is 17.1 Å². The fourth-order valence-electron chi connectivity index (χ4n) is 5.57. The number of rotatable bonds is 1. The number of fused-ring (bicyclic) bond motifs is 3. The van der Waals surface area contributed by atoms with Gasteiger partial charge in [-0.1, -0.05) is 26.0 Å². The van der Waals surface area contributed by atoms with Crippen LogP contribution in [-0.2, 0) is 4.79 Å². The average molecular weight is 260 g/mol. The van der Waals surface area contributed by atoms with E-state index in [0.29, 0.717) is 34.4 Å². The van der Waals surface area contributed by atoms with Gasteiger partial charge in [-0.05, 0) is 67.6 Å². The highest BCUT2D eigenvalue weighted by molar-refractivity contribution is 5.79. The molecule has 0 bridgehead atoms. The third kappa shape index (κ3) is 1.92. The molecular formula is C18H28O. The average Bonchev–Trinajstić information content (AvgIpc) is 2.69. The summed E-state index contributed by atoms with van der Waals surface area (Å²) in [5.41, 5.74) is 2.26. The molecule has 0 saturated heterocycles. The molecule has 3 fully saturated rings. The van der Waals surface area contributed by atoms with Crippen molar-refractivity contribution < 1.29 is 4.79 Å². The lowest BCUT2D eigenvalue weighted by Gasteiger charge is -2.55. The lowest BCUT2D eigenvalue weighted by Crippen LogP contribution is -2.49. The van der Waals surface area contributed by atoms with E-state index in [9.17, 15) is 4.79 Å². The molecule has 0 aromatic heterocycles. The maximum absolute atomic E-state index is 12.0. The van der Waals surface area contributed by atoms with Crippen molar-refractivity contribution in [3.8, 4) is 0 Å². The third-order valence-electron chi connectivity index (χ3n) is 6.92. The normalized spacial score (nSPS) is 49.6. The largest absolute Gasteiger partial charge is 0.300 e. The number of carbonyl (C=O) groups excluding carboxylic acids is 1. The smallest absolute Gasteiger partial charge is 0.133 e. The summed E-state index contributed by atoms with van der Waals surface area (Å²) in [4.78, 5) is 12.0. The van der Waals surface area contributed by atoms with Gasteiger partial charge in [-0.2, -0.15) is 0 Å². The minimum atomic E-state index is 0.427. The van der Waals surface area contributed by atoms with Crippen molar-refractivity contribution in [3.63, 3.8) is 0 Å². The van der Waals surface area contributed by atoms with E-state index >= 15 is 0 Å². The molecule has 0 N–H and O–H groups in total. The fourth-order valence-corrected chi connectivity index (χ4v) is 5.57. The van der Waals surface area contributed by atoms with Crippen LogP contribution in [0.3, 0.4) is 0 Å². The van der Waals surface area contributed by atoms with Gasteiger partial charge in [0.1, 0.15) is 5.78 Å². The van der Waals surface area contributed by atoms with Crippen molar-refractivity contribution in [1.29, 1.82) is 0 Å². The predicted molar refractivity (Wildman–Crippen MR) is 78.8 cm³/mol. The third-order valence-corrected chi connectivity index (χ3v) is 6.92. The summed E-state index contributed by atoms with van der Waals surface area (Å²) in [5, 5.41) is 0. The van der Waals surface area contributed by atoms with Crippen molar-refractivity contribution >= 4 is 5.78 Å². The molecule has 0 aromatic carbocycles. The lowest BCUT2D eigenvalue weighted by atomic mass is 9.49. The Balaban J connectivity index is 1.98. The molecule has 3 saturated carbocycles. The van der Waals surface area contributed by atoms with E-state index in [1.807, 2.05) is 0 Å². The van der Waals surface area contributed by atoms with Crippen LogP contribution in [0.2, 0.25) is 0 Å². The summed E-state index contributed by atoms with van der Waals surface area (Å²) < 4.78 is 0. The summed E-state index contributed by atoms with van der Waals surface area (Å²) in [6.07, 6.45) is 8.15. The van der Waals surface area contributed by atoms with E-state index in [2.05, 4.69) is 27.4 Å². The van der Waals surface area contributed by atoms with Gasteiger partial charge in [-0.3, -0.25) is 4.79 Å². The zero-order chi connectivity index (χ0) is 13.8. The predicted octanol–water partition coefficient (Wildman–Crippen LogP) is 4.76. The van der Waals surface area contributed by atoms with Crippen molar-refractivity contribution in [2.45, 2.75) is 65.7 Å². The molecule has 1 nitrogen and oxygen atoms in total. The van der Waals surface area contributed by atoms with E-state index in [-0.39, 0.29) is 0 Å². The second kappa shape index (κ2) is 4.20. The quantitative estimate of drug-likeness (QED) is 0.621. The van der Waals surface area contributed by atoms with Crippen LogP contribution in [0.15, 0.2) is 12.2 Å². The fraction of sp³-hybridized carbons (Fsp3) is 0.833. The Hall–Kier alpha value is -0.590. The van der Waals surface area contributed by atoms with Crippen LogP contribution in [0.5, 0.6) is 0 Å². The minimum absolute atomic E-state index is 0.427. The summed E-state index contributed by atoms with van der Waals surface area (Å²) in [5.74, 6) is 2.52. The highest BCUT2D eigenvalue weighted by Gasteiger charge is 2.58. The zero-order valence-electron chi connectivity index (χ0n) is 12.8. The second-order valence-electron chi connectivity index (χ2n) is 8.17. The van der Waals surface area contributed by atoms with Gasteiger partial charge in [-0.25, -0.2) is 0 Å². The molecule has 1 heteroatoms. The zero-order valence-corrected chi connectivity index (χ0v) is 12.8. The van der Waals surface area contributed by atoms with E-state index in [0.717, 1.165) is 19.3 Å². The van der Waals surface area contributed by atoms with E-state index < -0.39 is 0 Å². The molecule has 3 aliphatic carbocycles. The van der Waals surface area contributed by atoms with Gasteiger partial charge in [0, 0.05) is 12.8 Å². The van der Waals surface area contributed by atoms with Crippen molar-refractivity contribution in [2.75, 3.05) is 0 Å². The molecular weight excluding hydrogens is 232 g/mol. The molecule has 0 unspecified atom stereocenters. The molecule has 19 heavy (non-hydrogen) atoms. The Labute approximate surface area is 117 Å². The van der Waals surface area contributed by atoms with E-state index in [4.69, 9.17) is 0 Å². The Kier molecular flexibility index (Phi) is 2.96. The summed E-state index contributed by atoms with van der Waals surface area (Å²) in [6, 6.07) is 0. The van der Waals surface area contributed by atoms with Crippen molar-refractivity contribution in [1.82, 2.24) is 0 Å². The molecule has 3 rings (SSSR count). The molecule has 0 amide bonds. The Bertz CT molecular complexity index is 423. The van der Waals surface area contributed by atoms with Crippen LogP contribution in [0.1, 0.15) is 65.7 Å².